The quantitative estimate of drug-likeness (QED) is 0.266. The van der Waals surface area contributed by atoms with Crippen LogP contribution in [0.25, 0.3) is 25.7 Å². The number of thioether (sulfide) groups is 1. The largest absolute Gasteiger partial charge is 0.378 e. The highest BCUT2D eigenvalue weighted by molar-refractivity contribution is 8.07. The van der Waals surface area contributed by atoms with E-state index in [1.165, 1.54) is 52.4 Å². The number of hydrogen-bond acceptors (Lipinski definition) is 3. The van der Waals surface area contributed by atoms with Crippen LogP contribution in [0.3, 0.4) is 0 Å². The van der Waals surface area contributed by atoms with Crippen LogP contribution < -0.4 is 5.32 Å². The Bertz CT molecular complexity index is 1930. The molecule has 194 valence electrons. The fourth-order valence-electron chi connectivity index (χ4n) is 8.13. The third-order valence-corrected chi connectivity index (χ3v) is 12.0. The zero-order chi connectivity index (χ0) is 26.3. The summed E-state index contributed by atoms with van der Waals surface area (Å²) in [5, 5.41) is 6.91. The molecule has 9 rings (SSSR count). The molecule has 40 heavy (non-hydrogen) atoms. The van der Waals surface area contributed by atoms with Gasteiger partial charge in [-0.3, -0.25) is 0 Å². The number of hydrogen-bond donors (Lipinski definition) is 1. The summed E-state index contributed by atoms with van der Waals surface area (Å²) < 4.78 is 2.71. The Labute approximate surface area is 243 Å². The normalized spacial score (nSPS) is 26.2. The molecule has 1 nitrogen and oxygen atoms in total. The Morgan fingerprint density at radius 3 is 2.73 bits per heavy atom. The van der Waals surface area contributed by atoms with E-state index < -0.39 is 0 Å². The zero-order valence-electron chi connectivity index (χ0n) is 22.2. The van der Waals surface area contributed by atoms with E-state index in [0.717, 1.165) is 25.7 Å². The van der Waals surface area contributed by atoms with Gasteiger partial charge in [0.25, 0.3) is 0 Å². The van der Waals surface area contributed by atoms with Crippen LogP contribution in [0.2, 0.25) is 0 Å². The first-order valence-corrected chi connectivity index (χ1v) is 16.1. The second kappa shape index (κ2) is 8.73. The Morgan fingerprint density at radius 2 is 1.73 bits per heavy atom. The Kier molecular flexibility index (Phi) is 5.07. The summed E-state index contributed by atoms with van der Waals surface area (Å²) in [6.45, 7) is 0. The van der Waals surface area contributed by atoms with Gasteiger partial charge in [-0.2, -0.15) is 0 Å². The molecule has 1 spiro atoms. The van der Waals surface area contributed by atoms with Gasteiger partial charge >= 0.3 is 0 Å². The molecule has 0 fully saturated rings. The maximum atomic E-state index is 4.18. The van der Waals surface area contributed by atoms with Gasteiger partial charge in [0.05, 0.1) is 6.04 Å². The van der Waals surface area contributed by atoms with Gasteiger partial charge in [-0.15, -0.1) is 11.3 Å². The molecular weight excluding hydrogens is 523 g/mol. The predicted octanol–water partition coefficient (Wildman–Crippen LogP) is 10.3. The van der Waals surface area contributed by atoms with Crippen LogP contribution in [0, 0.1) is 5.92 Å². The molecule has 3 unspecified atom stereocenters. The molecule has 2 heterocycles. The lowest BCUT2D eigenvalue weighted by Gasteiger charge is -2.51. The average molecular weight is 552 g/mol. The second-order valence-electron chi connectivity index (χ2n) is 11.5. The molecule has 0 amide bonds. The standard InChI is InChI=1S/C37H29NS2/c1-3-14-26-23(11-1)24-13-9-18-30(38-29-17-10-22-34-35(29)25-12-2-6-19-31(25)39-34)36(24)37(26)27-15-4-7-20-32(27)40-33-21-8-5-16-28(33)37/h1-4,6-14,17,19-22,27,30,38H,5,15-16,18H2. The first-order chi connectivity index (χ1) is 19.8. The summed E-state index contributed by atoms with van der Waals surface area (Å²) in [5.74, 6) is 0.440. The lowest BCUT2D eigenvalue weighted by Crippen LogP contribution is -2.46. The molecule has 3 atom stereocenters. The van der Waals surface area contributed by atoms with Gasteiger partial charge < -0.3 is 5.32 Å². The molecule has 0 bridgehead atoms. The molecule has 0 saturated carbocycles. The van der Waals surface area contributed by atoms with Gasteiger partial charge in [0.1, 0.15) is 0 Å². The first-order valence-electron chi connectivity index (χ1n) is 14.5. The van der Waals surface area contributed by atoms with Crippen LogP contribution in [-0.4, -0.2) is 6.04 Å². The summed E-state index contributed by atoms with van der Waals surface area (Å²) in [6, 6.07) is 25.2. The lowest BCUT2D eigenvalue weighted by atomic mass is 9.57. The van der Waals surface area contributed by atoms with Gasteiger partial charge in [0, 0.05) is 42.1 Å². The molecule has 4 aliphatic carbocycles. The topological polar surface area (TPSA) is 12.0 Å². The Morgan fingerprint density at radius 1 is 0.825 bits per heavy atom. The molecule has 1 aromatic heterocycles. The minimum atomic E-state index is -0.110. The SMILES string of the molecule is C1=CCC2C(=C1)SC1=C(CCC=C1)C21C2=C(C=CCC2Nc2cccc3sc4ccccc4c23)c2ccccc21. The number of fused-ring (bicyclic) bond motifs is 10. The third kappa shape index (κ3) is 3.05. The summed E-state index contributed by atoms with van der Waals surface area (Å²) in [7, 11) is 0. The molecule has 0 saturated heterocycles. The van der Waals surface area contributed by atoms with Crippen molar-refractivity contribution in [2.24, 2.45) is 5.92 Å². The molecule has 0 radical (unpaired) electrons. The summed E-state index contributed by atoms with van der Waals surface area (Å²) in [6.07, 6.45) is 21.1. The molecular formula is C37H29NS2. The van der Waals surface area contributed by atoms with E-state index in [4.69, 9.17) is 0 Å². The van der Waals surface area contributed by atoms with Crippen LogP contribution in [0.4, 0.5) is 5.69 Å². The zero-order valence-corrected chi connectivity index (χ0v) is 23.8. The van der Waals surface area contributed by atoms with E-state index in [2.05, 4.69) is 115 Å². The van der Waals surface area contributed by atoms with Gasteiger partial charge in [-0.05, 0) is 76.6 Å². The van der Waals surface area contributed by atoms with Crippen molar-refractivity contribution in [1.82, 2.24) is 0 Å². The Balaban J connectivity index is 1.29. The summed E-state index contributed by atoms with van der Waals surface area (Å²) in [4.78, 5) is 3.00. The molecule has 5 aliphatic rings. The number of benzene rings is 3. The van der Waals surface area contributed by atoms with Crippen LogP contribution >= 0.6 is 23.1 Å². The summed E-state index contributed by atoms with van der Waals surface area (Å²) >= 11 is 3.93. The van der Waals surface area contributed by atoms with Crippen LogP contribution in [0.1, 0.15) is 36.8 Å². The first kappa shape index (κ1) is 23.2. The average Bonchev–Trinajstić information content (AvgIpc) is 3.53. The maximum Gasteiger partial charge on any atom is 0.0529 e. The van der Waals surface area contributed by atoms with Crippen LogP contribution in [0.5, 0.6) is 0 Å². The molecule has 4 aromatic rings. The fourth-order valence-corrected chi connectivity index (χ4v) is 10.6. The van der Waals surface area contributed by atoms with Crippen molar-refractivity contribution in [1.29, 1.82) is 0 Å². The van der Waals surface area contributed by atoms with Gasteiger partial charge in [-0.25, -0.2) is 0 Å². The monoisotopic (exact) mass is 551 g/mol. The highest BCUT2D eigenvalue weighted by Gasteiger charge is 2.57. The van der Waals surface area contributed by atoms with Gasteiger partial charge in [-0.1, -0.05) is 103 Å². The van der Waals surface area contributed by atoms with E-state index in [1.54, 1.807) is 11.1 Å². The van der Waals surface area contributed by atoms with Crippen molar-refractivity contribution >= 4 is 54.5 Å². The third-order valence-electron chi connectivity index (χ3n) is 9.56. The van der Waals surface area contributed by atoms with Crippen molar-refractivity contribution in [2.45, 2.75) is 37.1 Å². The highest BCUT2D eigenvalue weighted by Crippen LogP contribution is 2.67. The number of rotatable bonds is 2. The highest BCUT2D eigenvalue weighted by atomic mass is 32.2. The number of anilines is 1. The van der Waals surface area contributed by atoms with E-state index >= 15 is 0 Å². The smallest absolute Gasteiger partial charge is 0.0529 e. The van der Waals surface area contributed by atoms with Crippen LogP contribution in [-0.2, 0) is 5.41 Å². The van der Waals surface area contributed by atoms with Gasteiger partial charge in [0.15, 0.2) is 0 Å². The Hall–Kier alpha value is -3.53. The van der Waals surface area contributed by atoms with Crippen LogP contribution in [0.15, 0.2) is 130 Å². The van der Waals surface area contributed by atoms with Crippen molar-refractivity contribution in [3.63, 3.8) is 0 Å². The molecule has 1 aliphatic heterocycles. The second-order valence-corrected chi connectivity index (χ2v) is 13.7. The van der Waals surface area contributed by atoms with Crippen molar-refractivity contribution in [2.75, 3.05) is 5.32 Å². The van der Waals surface area contributed by atoms with E-state index in [9.17, 15) is 0 Å². The molecule has 3 aromatic carbocycles. The van der Waals surface area contributed by atoms with Crippen molar-refractivity contribution in [3.8, 4) is 0 Å². The lowest BCUT2D eigenvalue weighted by molar-refractivity contribution is 0.399. The van der Waals surface area contributed by atoms with Crippen molar-refractivity contribution < 1.29 is 0 Å². The van der Waals surface area contributed by atoms with E-state index in [1.807, 2.05) is 23.1 Å². The van der Waals surface area contributed by atoms with E-state index in [0.29, 0.717) is 5.92 Å². The van der Waals surface area contributed by atoms with Gasteiger partial charge in [0.2, 0.25) is 0 Å². The maximum absolute atomic E-state index is 4.18. The minimum Gasteiger partial charge on any atom is -0.378 e. The number of thiophene rings is 1. The summed E-state index contributed by atoms with van der Waals surface area (Å²) in [5.41, 5.74) is 8.80. The molecule has 1 N–H and O–H groups in total. The predicted molar refractivity (Wildman–Crippen MR) is 174 cm³/mol. The van der Waals surface area contributed by atoms with E-state index in [-0.39, 0.29) is 11.5 Å². The number of nitrogens with one attached hydrogen (secondary N) is 1. The van der Waals surface area contributed by atoms with Crippen molar-refractivity contribution in [3.05, 3.63) is 141 Å². The minimum absolute atomic E-state index is 0.110. The molecule has 3 heteroatoms. The number of allylic oxidation sites excluding steroid dienone is 9. The fraction of sp³-hybridized carbons (Fsp3) is 0.189.